The van der Waals surface area contributed by atoms with Crippen LogP contribution in [-0.4, -0.2) is 24.4 Å². The fourth-order valence-electron chi connectivity index (χ4n) is 1.57. The number of nitrogen functional groups attached to an aromatic ring is 1. The van der Waals surface area contributed by atoms with Crippen LogP contribution < -0.4 is 16.4 Å². The molecule has 110 valence electrons. The van der Waals surface area contributed by atoms with E-state index in [-0.39, 0.29) is 22.2 Å². The Morgan fingerprint density at radius 1 is 1.30 bits per heavy atom. The first-order valence-electron chi connectivity index (χ1n) is 6.45. The van der Waals surface area contributed by atoms with E-state index in [1.54, 1.807) is 25.1 Å². The average molecular weight is 298 g/mol. The second-order valence-corrected chi connectivity index (χ2v) is 5.45. The maximum Gasteiger partial charge on any atom is 0.255 e. The van der Waals surface area contributed by atoms with E-state index in [1.807, 2.05) is 13.8 Å². The van der Waals surface area contributed by atoms with Crippen LogP contribution in [0.15, 0.2) is 18.2 Å². The number of carbonyl (C=O) groups is 2. The number of hydrogen-bond acceptors (Lipinski definition) is 3. The SMILES string of the molecule is CC(C)CNC(=O)C(C)NC(=O)c1c(N)cccc1Cl. The van der Waals surface area contributed by atoms with Gasteiger partial charge in [-0.05, 0) is 25.0 Å². The van der Waals surface area contributed by atoms with E-state index in [2.05, 4.69) is 10.6 Å². The third kappa shape index (κ3) is 4.42. The van der Waals surface area contributed by atoms with Crippen LogP contribution in [-0.2, 0) is 4.79 Å². The van der Waals surface area contributed by atoms with Gasteiger partial charge in [-0.15, -0.1) is 0 Å². The molecule has 0 heterocycles. The molecule has 1 unspecified atom stereocenters. The van der Waals surface area contributed by atoms with Gasteiger partial charge in [0, 0.05) is 12.2 Å². The highest BCUT2D eigenvalue weighted by Gasteiger charge is 2.19. The number of amides is 2. The zero-order valence-electron chi connectivity index (χ0n) is 11.9. The summed E-state index contributed by atoms with van der Waals surface area (Å²) in [6.45, 7) is 6.16. The second kappa shape index (κ2) is 7.14. The van der Waals surface area contributed by atoms with Gasteiger partial charge in [-0.1, -0.05) is 31.5 Å². The van der Waals surface area contributed by atoms with E-state index >= 15 is 0 Å². The molecule has 0 aliphatic rings. The van der Waals surface area contributed by atoms with E-state index in [0.29, 0.717) is 12.5 Å². The van der Waals surface area contributed by atoms with Crippen molar-refractivity contribution < 1.29 is 9.59 Å². The molecule has 4 N–H and O–H groups in total. The lowest BCUT2D eigenvalue weighted by Crippen LogP contribution is -2.45. The summed E-state index contributed by atoms with van der Waals surface area (Å²) >= 11 is 5.95. The smallest absolute Gasteiger partial charge is 0.255 e. The molecular formula is C14H20ClN3O2. The minimum atomic E-state index is -0.656. The van der Waals surface area contributed by atoms with Crippen molar-refractivity contribution >= 4 is 29.1 Å². The van der Waals surface area contributed by atoms with Gasteiger partial charge in [0.25, 0.3) is 5.91 Å². The Morgan fingerprint density at radius 2 is 1.95 bits per heavy atom. The molecule has 5 nitrogen and oxygen atoms in total. The summed E-state index contributed by atoms with van der Waals surface area (Å²) in [6, 6.07) is 4.17. The maximum atomic E-state index is 12.1. The molecular weight excluding hydrogens is 278 g/mol. The molecule has 0 radical (unpaired) electrons. The topological polar surface area (TPSA) is 84.2 Å². The zero-order valence-corrected chi connectivity index (χ0v) is 12.6. The number of nitrogens with one attached hydrogen (secondary N) is 2. The van der Waals surface area contributed by atoms with Crippen LogP contribution >= 0.6 is 11.6 Å². The fourth-order valence-corrected chi connectivity index (χ4v) is 1.84. The highest BCUT2D eigenvalue weighted by molar-refractivity contribution is 6.34. The summed E-state index contributed by atoms with van der Waals surface area (Å²) in [7, 11) is 0. The molecule has 2 amide bonds. The highest BCUT2D eigenvalue weighted by Crippen LogP contribution is 2.21. The number of nitrogens with two attached hydrogens (primary N) is 1. The minimum absolute atomic E-state index is 0.192. The monoisotopic (exact) mass is 297 g/mol. The first-order chi connectivity index (χ1) is 9.32. The van der Waals surface area contributed by atoms with Crippen LogP contribution in [0.25, 0.3) is 0 Å². The van der Waals surface area contributed by atoms with Crippen molar-refractivity contribution in [2.24, 2.45) is 5.92 Å². The van der Waals surface area contributed by atoms with Crippen molar-refractivity contribution in [2.75, 3.05) is 12.3 Å². The summed E-state index contributed by atoms with van der Waals surface area (Å²) in [5.74, 6) is -0.348. The summed E-state index contributed by atoms with van der Waals surface area (Å²) in [4.78, 5) is 23.9. The third-order valence-electron chi connectivity index (χ3n) is 2.70. The van der Waals surface area contributed by atoms with Crippen molar-refractivity contribution in [3.8, 4) is 0 Å². The maximum absolute atomic E-state index is 12.1. The van der Waals surface area contributed by atoms with Crippen molar-refractivity contribution in [3.05, 3.63) is 28.8 Å². The van der Waals surface area contributed by atoms with Gasteiger partial charge in [0.05, 0.1) is 10.6 Å². The summed E-state index contributed by atoms with van der Waals surface area (Å²) in [6.07, 6.45) is 0. The lowest BCUT2D eigenvalue weighted by molar-refractivity contribution is -0.122. The van der Waals surface area contributed by atoms with Crippen LogP contribution in [0.3, 0.4) is 0 Å². The van der Waals surface area contributed by atoms with Crippen molar-refractivity contribution in [2.45, 2.75) is 26.8 Å². The molecule has 1 aromatic carbocycles. The molecule has 0 fully saturated rings. The predicted octanol–water partition coefficient (Wildman–Crippen LogP) is 1.81. The largest absolute Gasteiger partial charge is 0.398 e. The minimum Gasteiger partial charge on any atom is -0.398 e. The molecule has 0 saturated heterocycles. The Morgan fingerprint density at radius 3 is 2.50 bits per heavy atom. The van der Waals surface area contributed by atoms with Crippen LogP contribution in [0, 0.1) is 5.92 Å². The normalized spacial score (nSPS) is 12.1. The van der Waals surface area contributed by atoms with Gasteiger partial charge >= 0.3 is 0 Å². The Balaban J connectivity index is 2.68. The van der Waals surface area contributed by atoms with Gasteiger partial charge in [-0.2, -0.15) is 0 Å². The second-order valence-electron chi connectivity index (χ2n) is 5.04. The van der Waals surface area contributed by atoms with Crippen LogP contribution in [0.1, 0.15) is 31.1 Å². The molecule has 1 rings (SSSR count). The molecule has 6 heteroatoms. The van der Waals surface area contributed by atoms with E-state index in [9.17, 15) is 9.59 Å². The molecule has 0 aliphatic heterocycles. The lowest BCUT2D eigenvalue weighted by atomic mass is 10.1. The highest BCUT2D eigenvalue weighted by atomic mass is 35.5. The van der Waals surface area contributed by atoms with Crippen molar-refractivity contribution in [3.63, 3.8) is 0 Å². The van der Waals surface area contributed by atoms with Gasteiger partial charge in [-0.3, -0.25) is 9.59 Å². The number of anilines is 1. The molecule has 1 aromatic rings. The first kappa shape index (κ1) is 16.3. The molecule has 0 spiro atoms. The Labute approximate surface area is 123 Å². The number of hydrogen-bond donors (Lipinski definition) is 3. The van der Waals surface area contributed by atoms with E-state index in [0.717, 1.165) is 0 Å². The number of benzene rings is 1. The van der Waals surface area contributed by atoms with Crippen molar-refractivity contribution in [1.82, 2.24) is 10.6 Å². The van der Waals surface area contributed by atoms with E-state index in [4.69, 9.17) is 17.3 Å². The van der Waals surface area contributed by atoms with Gasteiger partial charge in [0.2, 0.25) is 5.91 Å². The average Bonchev–Trinajstić information content (AvgIpc) is 2.35. The molecule has 0 saturated carbocycles. The quantitative estimate of drug-likeness (QED) is 0.725. The zero-order chi connectivity index (χ0) is 15.3. The van der Waals surface area contributed by atoms with E-state index < -0.39 is 11.9 Å². The van der Waals surface area contributed by atoms with Crippen LogP contribution in [0.2, 0.25) is 5.02 Å². The number of rotatable bonds is 5. The Hall–Kier alpha value is -1.75. The molecule has 0 aromatic heterocycles. The van der Waals surface area contributed by atoms with Crippen LogP contribution in [0.4, 0.5) is 5.69 Å². The summed E-state index contributed by atoms with van der Waals surface area (Å²) in [5.41, 5.74) is 6.20. The molecule has 1 atom stereocenters. The van der Waals surface area contributed by atoms with Crippen LogP contribution in [0.5, 0.6) is 0 Å². The molecule has 0 aliphatic carbocycles. The molecule has 0 bridgehead atoms. The van der Waals surface area contributed by atoms with E-state index in [1.165, 1.54) is 0 Å². The van der Waals surface area contributed by atoms with Gasteiger partial charge < -0.3 is 16.4 Å². The number of halogens is 1. The molecule has 20 heavy (non-hydrogen) atoms. The van der Waals surface area contributed by atoms with Gasteiger partial charge in [0.1, 0.15) is 6.04 Å². The number of carbonyl (C=O) groups excluding carboxylic acids is 2. The fraction of sp³-hybridized carbons (Fsp3) is 0.429. The summed E-state index contributed by atoms with van der Waals surface area (Å²) in [5, 5.41) is 5.60. The standard InChI is InChI=1S/C14H20ClN3O2/c1-8(2)7-17-13(19)9(3)18-14(20)12-10(15)5-4-6-11(12)16/h4-6,8-9H,7,16H2,1-3H3,(H,17,19)(H,18,20). The van der Waals surface area contributed by atoms with Crippen molar-refractivity contribution in [1.29, 1.82) is 0 Å². The van der Waals surface area contributed by atoms with Gasteiger partial charge in [-0.25, -0.2) is 0 Å². The van der Waals surface area contributed by atoms with Gasteiger partial charge in [0.15, 0.2) is 0 Å². The first-order valence-corrected chi connectivity index (χ1v) is 6.83. The third-order valence-corrected chi connectivity index (χ3v) is 3.01. The Bertz CT molecular complexity index is 483. The lowest BCUT2D eigenvalue weighted by Gasteiger charge is -2.16. The Kier molecular flexibility index (Phi) is 5.82. The predicted molar refractivity (Wildman–Crippen MR) is 80.6 cm³/mol. The summed E-state index contributed by atoms with van der Waals surface area (Å²) < 4.78 is 0.